The maximum Gasteiger partial charge on any atom is 0.207 e. The van der Waals surface area contributed by atoms with Crippen molar-refractivity contribution in [3.05, 3.63) is 59.4 Å². The van der Waals surface area contributed by atoms with Gasteiger partial charge < -0.3 is 9.87 Å². The molecule has 2 aromatic carbocycles. The standard InChI is InChI=1S/C18H19FN2O2S/c19-15-5-2-6-17(10-15)24(23)21-16-7-8-18-13(9-16)3-1-4-14(18)11-20-12-22/h2,5-10,12,14,21H,1,3-4,11H2,(H,20,22). The van der Waals surface area contributed by atoms with E-state index in [9.17, 15) is 13.7 Å². The van der Waals surface area contributed by atoms with E-state index in [0.29, 0.717) is 17.4 Å². The lowest BCUT2D eigenvalue weighted by atomic mass is 9.82. The van der Waals surface area contributed by atoms with Gasteiger partial charge in [0.15, 0.2) is 4.90 Å². The number of amides is 1. The van der Waals surface area contributed by atoms with Gasteiger partial charge in [0.2, 0.25) is 6.41 Å². The number of rotatable bonds is 6. The van der Waals surface area contributed by atoms with Gasteiger partial charge in [-0.25, -0.2) is 9.11 Å². The van der Waals surface area contributed by atoms with E-state index in [1.54, 1.807) is 12.1 Å². The molecule has 0 heterocycles. The summed E-state index contributed by atoms with van der Waals surface area (Å²) in [5.74, 6) is -0.0830. The Balaban J connectivity index is 1.75. The average Bonchev–Trinajstić information content (AvgIpc) is 2.59. The molecule has 4 nitrogen and oxygen atoms in total. The third-order valence-corrected chi connectivity index (χ3v) is 5.35. The molecule has 2 unspecified atom stereocenters. The van der Waals surface area contributed by atoms with Gasteiger partial charge in [0.25, 0.3) is 0 Å². The Hall–Kier alpha value is -2.05. The van der Waals surface area contributed by atoms with Crippen LogP contribution in [0.4, 0.5) is 10.1 Å². The topological polar surface area (TPSA) is 64.2 Å². The highest BCUT2D eigenvalue weighted by atomic mass is 32.2. The molecule has 6 heteroatoms. The molecule has 0 bridgehead atoms. The first-order valence-electron chi connectivity index (χ1n) is 7.91. The Bertz CT molecular complexity index is 726. The van der Waals surface area contributed by atoms with Crippen LogP contribution in [0, 0.1) is 5.82 Å². The van der Waals surface area contributed by atoms with Gasteiger partial charge >= 0.3 is 0 Å². The van der Waals surface area contributed by atoms with E-state index in [2.05, 4.69) is 10.0 Å². The van der Waals surface area contributed by atoms with E-state index < -0.39 is 17.2 Å². The third kappa shape index (κ3) is 3.88. The lowest BCUT2D eigenvalue weighted by Gasteiger charge is -2.26. The number of aryl methyl sites for hydroxylation is 1. The maximum absolute atomic E-state index is 13.2. The number of hydrogen-bond donors (Lipinski definition) is 2. The average molecular weight is 346 g/mol. The van der Waals surface area contributed by atoms with Gasteiger partial charge in [-0.3, -0.25) is 4.79 Å². The fourth-order valence-electron chi connectivity index (χ4n) is 3.13. The summed E-state index contributed by atoms with van der Waals surface area (Å²) in [5.41, 5.74) is 3.19. The molecular weight excluding hydrogens is 327 g/mol. The van der Waals surface area contributed by atoms with Crippen molar-refractivity contribution >= 4 is 23.5 Å². The van der Waals surface area contributed by atoms with Crippen molar-refractivity contribution in [3.63, 3.8) is 0 Å². The quantitative estimate of drug-likeness (QED) is 0.624. The van der Waals surface area contributed by atoms with Gasteiger partial charge in [-0.2, -0.15) is 0 Å². The summed E-state index contributed by atoms with van der Waals surface area (Å²) in [7, 11) is 0. The minimum absolute atomic E-state index is 0.321. The molecule has 126 valence electrons. The SMILES string of the molecule is O=CNCC1CCCc2cc(N[S+]([O-])c3cccc(F)c3)ccc21. The zero-order valence-electron chi connectivity index (χ0n) is 13.1. The first-order chi connectivity index (χ1) is 11.7. The van der Waals surface area contributed by atoms with Crippen LogP contribution in [0.25, 0.3) is 0 Å². The normalized spacial score (nSPS) is 17.7. The number of nitrogens with one attached hydrogen (secondary N) is 2. The number of anilines is 1. The van der Waals surface area contributed by atoms with Crippen LogP contribution in [0.1, 0.15) is 29.9 Å². The highest BCUT2D eigenvalue weighted by Gasteiger charge is 2.21. The summed E-state index contributed by atoms with van der Waals surface area (Å²) in [6, 6.07) is 11.7. The fraction of sp³-hybridized carbons (Fsp3) is 0.278. The van der Waals surface area contributed by atoms with Crippen molar-refractivity contribution in [1.82, 2.24) is 5.32 Å². The summed E-state index contributed by atoms with van der Waals surface area (Å²) in [6.07, 6.45) is 3.81. The highest BCUT2D eigenvalue weighted by Crippen LogP contribution is 2.33. The van der Waals surface area contributed by atoms with Gasteiger partial charge in [0, 0.05) is 18.5 Å². The number of hydrogen-bond acceptors (Lipinski definition) is 3. The molecule has 0 radical (unpaired) electrons. The van der Waals surface area contributed by atoms with Crippen molar-refractivity contribution < 1.29 is 13.7 Å². The number of fused-ring (bicyclic) bond motifs is 1. The fourth-order valence-corrected chi connectivity index (χ4v) is 4.01. The van der Waals surface area contributed by atoms with Crippen LogP contribution in [-0.4, -0.2) is 17.5 Å². The van der Waals surface area contributed by atoms with Crippen molar-refractivity contribution in [2.75, 3.05) is 11.3 Å². The van der Waals surface area contributed by atoms with Crippen LogP contribution >= 0.6 is 0 Å². The minimum atomic E-state index is -1.51. The third-order valence-electron chi connectivity index (χ3n) is 4.25. The van der Waals surface area contributed by atoms with Gasteiger partial charge in [-0.05, 0) is 54.7 Å². The molecular formula is C18H19FN2O2S. The van der Waals surface area contributed by atoms with Gasteiger partial charge in [0.1, 0.15) is 17.2 Å². The molecule has 1 aliphatic carbocycles. The molecule has 3 rings (SSSR count). The van der Waals surface area contributed by atoms with Crippen LogP contribution in [0.3, 0.4) is 0 Å². The molecule has 1 amide bonds. The van der Waals surface area contributed by atoms with Crippen molar-refractivity contribution in [2.24, 2.45) is 0 Å². The van der Waals surface area contributed by atoms with E-state index in [-0.39, 0.29) is 0 Å². The van der Waals surface area contributed by atoms with Crippen LogP contribution in [0.2, 0.25) is 0 Å². The van der Waals surface area contributed by atoms with E-state index in [1.165, 1.54) is 23.3 Å². The first-order valence-corrected chi connectivity index (χ1v) is 9.06. The Morgan fingerprint density at radius 1 is 1.29 bits per heavy atom. The molecule has 2 aromatic rings. The van der Waals surface area contributed by atoms with Crippen LogP contribution in [-0.2, 0) is 22.6 Å². The molecule has 24 heavy (non-hydrogen) atoms. The highest BCUT2D eigenvalue weighted by molar-refractivity contribution is 7.92. The summed E-state index contributed by atoms with van der Waals surface area (Å²) >= 11 is -1.51. The van der Waals surface area contributed by atoms with Crippen molar-refractivity contribution in [2.45, 2.75) is 30.1 Å². The predicted octanol–water partition coefficient (Wildman–Crippen LogP) is 3.13. The van der Waals surface area contributed by atoms with Crippen LogP contribution in [0.5, 0.6) is 0 Å². The molecule has 0 saturated heterocycles. The molecule has 0 saturated carbocycles. The van der Waals surface area contributed by atoms with Gasteiger partial charge in [-0.1, -0.05) is 12.1 Å². The van der Waals surface area contributed by atoms with Crippen LogP contribution in [0.15, 0.2) is 47.4 Å². The van der Waals surface area contributed by atoms with Crippen molar-refractivity contribution in [3.8, 4) is 0 Å². The Labute approximate surface area is 143 Å². The summed E-state index contributed by atoms with van der Waals surface area (Å²) in [6.45, 7) is 0.637. The Morgan fingerprint density at radius 2 is 2.17 bits per heavy atom. The minimum Gasteiger partial charge on any atom is -0.588 e. The lowest BCUT2D eigenvalue weighted by molar-refractivity contribution is -0.109. The largest absolute Gasteiger partial charge is 0.588 e. The van der Waals surface area contributed by atoms with E-state index in [4.69, 9.17) is 0 Å². The summed E-state index contributed by atoms with van der Waals surface area (Å²) < 4.78 is 28.5. The molecule has 1 aliphatic rings. The predicted molar refractivity (Wildman–Crippen MR) is 92.6 cm³/mol. The van der Waals surface area contributed by atoms with Gasteiger partial charge in [0.05, 0.1) is 5.69 Å². The molecule has 0 aromatic heterocycles. The molecule has 0 spiro atoms. The van der Waals surface area contributed by atoms with Crippen LogP contribution < -0.4 is 10.0 Å². The zero-order chi connectivity index (χ0) is 16.9. The summed E-state index contributed by atoms with van der Waals surface area (Å²) in [5, 5.41) is 2.75. The second-order valence-electron chi connectivity index (χ2n) is 5.86. The van der Waals surface area contributed by atoms with E-state index in [0.717, 1.165) is 31.4 Å². The Kier molecular flexibility index (Phi) is 5.37. The van der Waals surface area contributed by atoms with Gasteiger partial charge in [-0.15, -0.1) is 0 Å². The number of carbonyl (C=O) groups is 1. The number of benzene rings is 2. The monoisotopic (exact) mass is 346 g/mol. The Morgan fingerprint density at radius 3 is 2.96 bits per heavy atom. The molecule has 2 atom stereocenters. The summed E-state index contributed by atoms with van der Waals surface area (Å²) in [4.78, 5) is 10.9. The number of halogens is 1. The second-order valence-corrected chi connectivity index (χ2v) is 7.07. The van der Waals surface area contributed by atoms with Crippen molar-refractivity contribution in [1.29, 1.82) is 0 Å². The van der Waals surface area contributed by atoms with E-state index in [1.807, 2.05) is 18.2 Å². The zero-order valence-corrected chi connectivity index (χ0v) is 13.9. The first kappa shape index (κ1) is 16.8. The second kappa shape index (κ2) is 7.68. The number of carbonyl (C=O) groups excluding carboxylic acids is 1. The maximum atomic E-state index is 13.2. The molecule has 2 N–H and O–H groups in total. The van der Waals surface area contributed by atoms with E-state index >= 15 is 0 Å². The molecule has 0 fully saturated rings. The lowest BCUT2D eigenvalue weighted by Crippen LogP contribution is -2.23. The molecule has 0 aliphatic heterocycles. The smallest absolute Gasteiger partial charge is 0.207 e.